The van der Waals surface area contributed by atoms with Gasteiger partial charge in [0, 0.05) is 10.8 Å². The van der Waals surface area contributed by atoms with Crippen LogP contribution in [0.1, 0.15) is 47.0 Å². The quantitative estimate of drug-likeness (QED) is 0.532. The maximum absolute atomic E-state index is 6.67. The van der Waals surface area contributed by atoms with Crippen LogP contribution in [-0.2, 0) is 4.74 Å². The van der Waals surface area contributed by atoms with Crippen molar-refractivity contribution in [3.05, 3.63) is 10.6 Å². The summed E-state index contributed by atoms with van der Waals surface area (Å²) in [5.41, 5.74) is -0.221. The Kier molecular flexibility index (Phi) is 3.04. The summed E-state index contributed by atoms with van der Waals surface area (Å²) >= 11 is 17.1. The zero-order valence-corrected chi connectivity index (χ0v) is 15.0. The van der Waals surface area contributed by atoms with E-state index in [9.17, 15) is 0 Å². The maximum atomic E-state index is 6.67. The van der Waals surface area contributed by atoms with E-state index in [0.717, 1.165) is 19.3 Å². The third kappa shape index (κ3) is 1.58. The molecule has 2 aliphatic carbocycles. The molecule has 0 aromatic rings. The molecule has 0 aromatic carbocycles. The molecule has 2 fully saturated rings. The molecule has 108 valence electrons. The largest absolute Gasteiger partial charge is 0.368 e. The van der Waals surface area contributed by atoms with Gasteiger partial charge in [0.05, 0.1) is 22.0 Å². The normalized spacial score (nSPS) is 55.6. The molecule has 19 heavy (non-hydrogen) atoms. The number of halogens is 3. The molecule has 0 radical (unpaired) electrons. The van der Waals surface area contributed by atoms with Gasteiger partial charge in [0.15, 0.2) is 0 Å². The van der Waals surface area contributed by atoms with Crippen molar-refractivity contribution in [2.75, 3.05) is 0 Å². The number of allylic oxidation sites excluding steroid dienone is 1. The first-order valence-corrected chi connectivity index (χ1v) is 8.56. The van der Waals surface area contributed by atoms with E-state index in [4.69, 9.17) is 27.9 Å². The van der Waals surface area contributed by atoms with Crippen molar-refractivity contribution in [1.29, 1.82) is 0 Å². The fraction of sp³-hybridized carbons (Fsp3) is 0.867. The van der Waals surface area contributed by atoms with Gasteiger partial charge in [-0.2, -0.15) is 0 Å². The van der Waals surface area contributed by atoms with Gasteiger partial charge in [0.25, 0.3) is 0 Å². The molecule has 3 rings (SSSR count). The van der Waals surface area contributed by atoms with Gasteiger partial charge in [-0.1, -0.05) is 35.9 Å². The van der Waals surface area contributed by atoms with Gasteiger partial charge in [-0.3, -0.25) is 0 Å². The highest BCUT2D eigenvalue weighted by atomic mass is 79.9. The molecule has 0 aromatic heterocycles. The number of hydrogen-bond donors (Lipinski definition) is 0. The minimum atomic E-state index is -0.327. The van der Waals surface area contributed by atoms with Gasteiger partial charge in [-0.25, -0.2) is 0 Å². The van der Waals surface area contributed by atoms with Crippen LogP contribution in [0, 0.1) is 10.8 Å². The first-order valence-electron chi connectivity index (χ1n) is 6.95. The average Bonchev–Trinajstić information content (AvgIpc) is 2.58. The third-order valence-electron chi connectivity index (χ3n) is 6.20. The number of fused-ring (bicyclic) bond motifs is 1. The molecular weight excluding hydrogens is 347 g/mol. The van der Waals surface area contributed by atoms with Crippen molar-refractivity contribution >= 4 is 39.1 Å². The summed E-state index contributed by atoms with van der Waals surface area (Å²) in [6.45, 7) is 8.89. The molecule has 5 atom stereocenters. The van der Waals surface area contributed by atoms with Gasteiger partial charge in [0.2, 0.25) is 0 Å². The number of ether oxygens (including phenoxy) is 1. The van der Waals surface area contributed by atoms with E-state index in [-0.39, 0.29) is 32.8 Å². The van der Waals surface area contributed by atoms with Gasteiger partial charge >= 0.3 is 0 Å². The standard InChI is InChI=1S/C15H21BrCl2O/c1-12(2)9(16)7-10(17)14(4)15(12)6-5-13(3,18)11(8-15)19-14/h7,10-11H,5-6,8H2,1-4H3. The Balaban J connectivity index is 2.17. The summed E-state index contributed by atoms with van der Waals surface area (Å²) in [7, 11) is 0. The maximum Gasteiger partial charge on any atom is 0.0922 e. The highest BCUT2D eigenvalue weighted by Crippen LogP contribution is 2.71. The Morgan fingerprint density at radius 1 is 1.26 bits per heavy atom. The zero-order valence-electron chi connectivity index (χ0n) is 11.9. The van der Waals surface area contributed by atoms with Crippen LogP contribution in [0.3, 0.4) is 0 Å². The lowest BCUT2D eigenvalue weighted by molar-refractivity contribution is -0.100. The van der Waals surface area contributed by atoms with Crippen LogP contribution >= 0.6 is 39.1 Å². The summed E-state index contributed by atoms with van der Waals surface area (Å²) in [4.78, 5) is -0.259. The summed E-state index contributed by atoms with van der Waals surface area (Å²) in [5.74, 6) is 0. The van der Waals surface area contributed by atoms with Crippen LogP contribution in [0.5, 0.6) is 0 Å². The molecular formula is C15H21BrCl2O. The van der Waals surface area contributed by atoms with Gasteiger partial charge in [-0.15, -0.1) is 23.2 Å². The van der Waals surface area contributed by atoms with Crippen molar-refractivity contribution in [3.63, 3.8) is 0 Å². The molecule has 1 heterocycles. The monoisotopic (exact) mass is 366 g/mol. The van der Waals surface area contributed by atoms with Crippen LogP contribution in [0.15, 0.2) is 10.6 Å². The molecule has 0 N–H and O–H groups in total. The summed E-state index contributed by atoms with van der Waals surface area (Å²) in [5, 5.41) is -0.106. The van der Waals surface area contributed by atoms with E-state index >= 15 is 0 Å². The predicted molar refractivity (Wildman–Crippen MR) is 84.3 cm³/mol. The molecule has 1 spiro atoms. The molecule has 3 aliphatic rings. The second-order valence-corrected chi connectivity index (χ2v) is 9.51. The van der Waals surface area contributed by atoms with Crippen molar-refractivity contribution in [2.45, 2.75) is 68.9 Å². The van der Waals surface area contributed by atoms with Crippen molar-refractivity contribution in [2.24, 2.45) is 10.8 Å². The lowest BCUT2D eigenvalue weighted by Gasteiger charge is -2.57. The molecule has 4 heteroatoms. The first-order chi connectivity index (χ1) is 8.57. The fourth-order valence-corrected chi connectivity index (χ4v) is 5.91. The van der Waals surface area contributed by atoms with Crippen molar-refractivity contribution in [3.8, 4) is 0 Å². The fourth-order valence-electron chi connectivity index (χ4n) is 4.52. The van der Waals surface area contributed by atoms with Crippen molar-refractivity contribution < 1.29 is 4.74 Å². The minimum absolute atomic E-state index is 0.0370. The van der Waals surface area contributed by atoms with Gasteiger partial charge in [-0.05, 0) is 37.6 Å². The Morgan fingerprint density at radius 3 is 2.53 bits per heavy atom. The third-order valence-corrected chi connectivity index (χ3v) is 8.43. The second-order valence-electron chi connectivity index (χ2n) is 7.32. The minimum Gasteiger partial charge on any atom is -0.368 e. The van der Waals surface area contributed by atoms with E-state index in [1.165, 1.54) is 4.48 Å². The zero-order chi connectivity index (χ0) is 14.3. The molecule has 1 aliphatic heterocycles. The van der Waals surface area contributed by atoms with E-state index in [0.29, 0.717) is 0 Å². The molecule has 1 nitrogen and oxygen atoms in total. The highest BCUT2D eigenvalue weighted by molar-refractivity contribution is 9.11. The summed E-state index contributed by atoms with van der Waals surface area (Å²) in [6, 6.07) is 0. The molecule has 2 bridgehead atoms. The molecule has 5 unspecified atom stereocenters. The van der Waals surface area contributed by atoms with Gasteiger partial charge in [0.1, 0.15) is 0 Å². The van der Waals surface area contributed by atoms with Crippen molar-refractivity contribution in [1.82, 2.24) is 0 Å². The predicted octanol–water partition coefficient (Wildman–Crippen LogP) is 5.24. The Bertz CT molecular complexity index is 459. The Labute approximate surface area is 134 Å². The SMILES string of the molecule is CC1(Cl)CCC23CC1OC2(C)C(Cl)C=C(Br)C3(C)C. The van der Waals surface area contributed by atoms with Crippen LogP contribution in [-0.4, -0.2) is 22.0 Å². The highest BCUT2D eigenvalue weighted by Gasteiger charge is 2.71. The van der Waals surface area contributed by atoms with E-state index in [1.807, 2.05) is 0 Å². The summed E-state index contributed by atoms with van der Waals surface area (Å²) < 4.78 is 7.66. The Hall–Kier alpha value is 0.760. The number of rotatable bonds is 0. The lowest BCUT2D eigenvalue weighted by atomic mass is 9.49. The lowest BCUT2D eigenvalue weighted by Crippen LogP contribution is -2.59. The molecule has 0 amide bonds. The Morgan fingerprint density at radius 2 is 1.89 bits per heavy atom. The van der Waals surface area contributed by atoms with E-state index < -0.39 is 0 Å². The average molecular weight is 368 g/mol. The van der Waals surface area contributed by atoms with Crippen LogP contribution in [0.25, 0.3) is 0 Å². The van der Waals surface area contributed by atoms with Crippen LogP contribution in [0.4, 0.5) is 0 Å². The van der Waals surface area contributed by atoms with E-state index in [2.05, 4.69) is 49.7 Å². The van der Waals surface area contributed by atoms with Crippen LogP contribution < -0.4 is 0 Å². The summed E-state index contributed by atoms with van der Waals surface area (Å²) in [6.07, 6.45) is 5.27. The van der Waals surface area contributed by atoms with Gasteiger partial charge < -0.3 is 4.74 Å². The second kappa shape index (κ2) is 3.94. The molecule has 1 saturated carbocycles. The number of hydrogen-bond acceptors (Lipinski definition) is 1. The van der Waals surface area contributed by atoms with Crippen LogP contribution in [0.2, 0.25) is 0 Å². The number of alkyl halides is 2. The smallest absolute Gasteiger partial charge is 0.0922 e. The van der Waals surface area contributed by atoms with E-state index in [1.54, 1.807) is 0 Å². The molecule has 1 saturated heterocycles. The first kappa shape index (κ1) is 14.7. The topological polar surface area (TPSA) is 9.23 Å².